The van der Waals surface area contributed by atoms with E-state index in [0.29, 0.717) is 17.9 Å². The Labute approximate surface area is 120 Å². The van der Waals surface area contributed by atoms with Crippen LogP contribution in [0.25, 0.3) is 0 Å². The molecule has 3 nitrogen and oxygen atoms in total. The standard InChI is InChI=1S/C15H13BrO3/c16-14-5-4-12(9-18)7-15(14)19-10-13-3-1-2-11(6-13)8-17/h1-8,18H,9-10H2. The monoisotopic (exact) mass is 320 g/mol. The maximum atomic E-state index is 10.7. The van der Waals surface area contributed by atoms with E-state index >= 15 is 0 Å². The van der Waals surface area contributed by atoms with E-state index in [-0.39, 0.29) is 6.61 Å². The van der Waals surface area contributed by atoms with E-state index in [0.717, 1.165) is 21.9 Å². The molecule has 0 aliphatic heterocycles. The van der Waals surface area contributed by atoms with Gasteiger partial charge in [-0.1, -0.05) is 24.3 Å². The maximum Gasteiger partial charge on any atom is 0.150 e. The molecule has 0 amide bonds. The molecule has 0 spiro atoms. The summed E-state index contributed by atoms with van der Waals surface area (Å²) < 4.78 is 6.52. The summed E-state index contributed by atoms with van der Waals surface area (Å²) in [5.41, 5.74) is 2.34. The lowest BCUT2D eigenvalue weighted by molar-refractivity contribution is 0.112. The van der Waals surface area contributed by atoms with Gasteiger partial charge in [-0.2, -0.15) is 0 Å². The van der Waals surface area contributed by atoms with Gasteiger partial charge in [0.2, 0.25) is 0 Å². The fourth-order valence-corrected chi connectivity index (χ4v) is 2.04. The molecular weight excluding hydrogens is 308 g/mol. The number of carbonyl (C=O) groups is 1. The van der Waals surface area contributed by atoms with Gasteiger partial charge in [0.25, 0.3) is 0 Å². The fourth-order valence-electron chi connectivity index (χ4n) is 1.67. The molecule has 0 bridgehead atoms. The van der Waals surface area contributed by atoms with Crippen molar-refractivity contribution in [3.05, 3.63) is 63.6 Å². The van der Waals surface area contributed by atoms with Crippen LogP contribution >= 0.6 is 15.9 Å². The number of hydrogen-bond acceptors (Lipinski definition) is 3. The normalized spacial score (nSPS) is 10.2. The molecule has 0 unspecified atom stereocenters. The van der Waals surface area contributed by atoms with E-state index in [9.17, 15) is 4.79 Å². The van der Waals surface area contributed by atoms with Crippen molar-refractivity contribution in [3.63, 3.8) is 0 Å². The molecule has 0 fully saturated rings. The van der Waals surface area contributed by atoms with Gasteiger partial charge < -0.3 is 9.84 Å². The minimum atomic E-state index is -0.0235. The largest absolute Gasteiger partial charge is 0.488 e. The first kappa shape index (κ1) is 13.8. The van der Waals surface area contributed by atoms with Crippen molar-refractivity contribution in [2.24, 2.45) is 0 Å². The topological polar surface area (TPSA) is 46.5 Å². The summed E-state index contributed by atoms with van der Waals surface area (Å²) in [5, 5.41) is 9.10. The number of aliphatic hydroxyl groups excluding tert-OH is 1. The Bertz CT molecular complexity index is 581. The number of ether oxygens (including phenoxy) is 1. The minimum absolute atomic E-state index is 0.0235. The lowest BCUT2D eigenvalue weighted by atomic mass is 10.1. The highest BCUT2D eigenvalue weighted by Crippen LogP contribution is 2.27. The number of aldehydes is 1. The molecule has 0 radical (unpaired) electrons. The molecule has 2 aromatic rings. The zero-order valence-electron chi connectivity index (χ0n) is 10.2. The first-order chi connectivity index (χ1) is 9.22. The second-order valence-corrected chi connectivity index (χ2v) is 4.93. The molecule has 0 heterocycles. The highest BCUT2D eigenvalue weighted by molar-refractivity contribution is 9.10. The molecule has 0 saturated heterocycles. The van der Waals surface area contributed by atoms with Crippen molar-refractivity contribution >= 4 is 22.2 Å². The number of rotatable bonds is 5. The zero-order valence-corrected chi connectivity index (χ0v) is 11.8. The van der Waals surface area contributed by atoms with E-state index in [1.165, 1.54) is 0 Å². The average molecular weight is 321 g/mol. The van der Waals surface area contributed by atoms with Gasteiger partial charge in [-0.05, 0) is 45.3 Å². The van der Waals surface area contributed by atoms with Crippen LogP contribution in [0.3, 0.4) is 0 Å². The highest BCUT2D eigenvalue weighted by atomic mass is 79.9. The summed E-state index contributed by atoms with van der Waals surface area (Å²) in [6.07, 6.45) is 0.811. The molecule has 2 aromatic carbocycles. The predicted octanol–water partition coefficient (Wildman–Crippen LogP) is 3.33. The summed E-state index contributed by atoms with van der Waals surface area (Å²) in [5.74, 6) is 0.669. The Kier molecular flexibility index (Phi) is 4.71. The van der Waals surface area contributed by atoms with Gasteiger partial charge in [0.15, 0.2) is 0 Å². The highest BCUT2D eigenvalue weighted by Gasteiger charge is 2.03. The second-order valence-electron chi connectivity index (χ2n) is 4.07. The van der Waals surface area contributed by atoms with Gasteiger partial charge >= 0.3 is 0 Å². The fraction of sp³-hybridized carbons (Fsp3) is 0.133. The quantitative estimate of drug-likeness (QED) is 0.859. The van der Waals surface area contributed by atoms with E-state index < -0.39 is 0 Å². The first-order valence-electron chi connectivity index (χ1n) is 5.79. The van der Waals surface area contributed by atoms with Crippen LogP contribution in [0.15, 0.2) is 46.9 Å². The summed E-state index contributed by atoms with van der Waals surface area (Å²) >= 11 is 3.40. The third kappa shape index (κ3) is 3.66. The predicted molar refractivity (Wildman–Crippen MR) is 76.2 cm³/mol. The molecule has 0 atom stereocenters. The van der Waals surface area contributed by atoms with Crippen LogP contribution in [0.5, 0.6) is 5.75 Å². The molecule has 98 valence electrons. The van der Waals surface area contributed by atoms with Crippen molar-refractivity contribution in [2.45, 2.75) is 13.2 Å². The zero-order chi connectivity index (χ0) is 13.7. The van der Waals surface area contributed by atoms with Crippen LogP contribution in [0.4, 0.5) is 0 Å². The lowest BCUT2D eigenvalue weighted by Gasteiger charge is -2.10. The number of benzene rings is 2. The van der Waals surface area contributed by atoms with Crippen molar-refractivity contribution in [3.8, 4) is 5.75 Å². The summed E-state index contributed by atoms with van der Waals surface area (Å²) in [4.78, 5) is 10.7. The Morgan fingerprint density at radius 1 is 1.16 bits per heavy atom. The van der Waals surface area contributed by atoms with E-state index in [1.54, 1.807) is 18.2 Å². The van der Waals surface area contributed by atoms with Crippen LogP contribution in [0.1, 0.15) is 21.5 Å². The van der Waals surface area contributed by atoms with Crippen molar-refractivity contribution in [1.29, 1.82) is 0 Å². The van der Waals surface area contributed by atoms with Gasteiger partial charge in [-0.25, -0.2) is 0 Å². The van der Waals surface area contributed by atoms with Crippen LogP contribution in [-0.4, -0.2) is 11.4 Å². The van der Waals surface area contributed by atoms with Crippen LogP contribution in [0, 0.1) is 0 Å². The number of hydrogen-bond donors (Lipinski definition) is 1. The van der Waals surface area contributed by atoms with Gasteiger partial charge in [-0.3, -0.25) is 4.79 Å². The van der Waals surface area contributed by atoms with Crippen LogP contribution in [0.2, 0.25) is 0 Å². The molecule has 0 aliphatic rings. The first-order valence-corrected chi connectivity index (χ1v) is 6.58. The van der Waals surface area contributed by atoms with E-state index in [1.807, 2.05) is 24.3 Å². The third-order valence-corrected chi connectivity index (χ3v) is 3.31. The van der Waals surface area contributed by atoms with E-state index in [4.69, 9.17) is 9.84 Å². The summed E-state index contributed by atoms with van der Waals surface area (Å²) in [6, 6.07) is 12.7. The Hall–Kier alpha value is -1.65. The summed E-state index contributed by atoms with van der Waals surface area (Å²) in [7, 11) is 0. The second kappa shape index (κ2) is 6.50. The molecular formula is C15H13BrO3. The van der Waals surface area contributed by atoms with Gasteiger partial charge in [0.1, 0.15) is 18.6 Å². The van der Waals surface area contributed by atoms with Crippen molar-refractivity contribution < 1.29 is 14.6 Å². The third-order valence-electron chi connectivity index (χ3n) is 2.66. The Morgan fingerprint density at radius 3 is 2.74 bits per heavy atom. The molecule has 1 N–H and O–H groups in total. The van der Waals surface area contributed by atoms with E-state index in [2.05, 4.69) is 15.9 Å². The molecule has 2 rings (SSSR count). The molecule has 0 aliphatic carbocycles. The Balaban J connectivity index is 2.11. The molecule has 19 heavy (non-hydrogen) atoms. The SMILES string of the molecule is O=Cc1cccc(COc2cc(CO)ccc2Br)c1. The van der Waals surface area contributed by atoms with Gasteiger partial charge in [0.05, 0.1) is 11.1 Å². The van der Waals surface area contributed by atoms with Gasteiger partial charge in [0, 0.05) is 5.56 Å². The minimum Gasteiger partial charge on any atom is -0.488 e. The van der Waals surface area contributed by atoms with Crippen LogP contribution < -0.4 is 4.74 Å². The number of carbonyl (C=O) groups excluding carboxylic acids is 1. The number of halogens is 1. The number of aliphatic hydroxyl groups is 1. The Morgan fingerprint density at radius 2 is 2.00 bits per heavy atom. The van der Waals surface area contributed by atoms with Crippen molar-refractivity contribution in [1.82, 2.24) is 0 Å². The molecule has 0 saturated carbocycles. The lowest BCUT2D eigenvalue weighted by Crippen LogP contribution is -1.98. The maximum absolute atomic E-state index is 10.7. The molecule has 0 aromatic heterocycles. The smallest absolute Gasteiger partial charge is 0.150 e. The van der Waals surface area contributed by atoms with Crippen LogP contribution in [-0.2, 0) is 13.2 Å². The van der Waals surface area contributed by atoms with Gasteiger partial charge in [-0.15, -0.1) is 0 Å². The molecule has 4 heteroatoms. The van der Waals surface area contributed by atoms with Crippen molar-refractivity contribution in [2.75, 3.05) is 0 Å². The summed E-state index contributed by atoms with van der Waals surface area (Å²) in [6.45, 7) is 0.347. The average Bonchev–Trinajstić information content (AvgIpc) is 2.46.